The minimum atomic E-state index is -0.312. The van der Waals surface area contributed by atoms with E-state index in [0.29, 0.717) is 23.4 Å². The van der Waals surface area contributed by atoms with Crippen LogP contribution in [0.1, 0.15) is 42.5 Å². The zero-order valence-corrected chi connectivity index (χ0v) is 15.6. The van der Waals surface area contributed by atoms with Gasteiger partial charge < -0.3 is 10.2 Å². The molecule has 0 saturated heterocycles. The Balaban J connectivity index is 0.00000210. The second-order valence-electron chi connectivity index (χ2n) is 6.49. The van der Waals surface area contributed by atoms with Crippen molar-refractivity contribution < 1.29 is 14.4 Å². The predicted molar refractivity (Wildman–Crippen MR) is 100 cm³/mol. The molecule has 142 valence electrons. The molecule has 0 radical (unpaired) electrons. The molecule has 0 atom stereocenters. The molecule has 3 heterocycles. The standard InChI is InChI=1S/C18H19N5O3.ClH/c1-22(18(26)15-13-10-19-7-6-14(13)20-21-15)8-9-23-16(24)11-4-2-3-5-12(11)17(23)25;/h2-5,19H,6-10H2,1H3,(H,20,21);1H. The van der Waals surface area contributed by atoms with Crippen molar-refractivity contribution in [3.05, 3.63) is 52.3 Å². The molecule has 2 N–H and O–H groups in total. The lowest BCUT2D eigenvalue weighted by molar-refractivity contribution is 0.0612. The number of halogens is 1. The number of carbonyl (C=O) groups is 3. The van der Waals surface area contributed by atoms with Crippen LogP contribution in [-0.4, -0.2) is 64.4 Å². The van der Waals surface area contributed by atoms with Gasteiger partial charge in [-0.05, 0) is 12.1 Å². The summed E-state index contributed by atoms with van der Waals surface area (Å²) in [6.07, 6.45) is 0.814. The van der Waals surface area contributed by atoms with Crippen molar-refractivity contribution in [2.24, 2.45) is 0 Å². The number of amides is 3. The molecule has 27 heavy (non-hydrogen) atoms. The Bertz CT molecular complexity index is 875. The minimum Gasteiger partial charge on any atom is -0.339 e. The maximum Gasteiger partial charge on any atom is 0.274 e. The average Bonchev–Trinajstić information content (AvgIpc) is 3.20. The average molecular weight is 390 g/mol. The lowest BCUT2D eigenvalue weighted by Crippen LogP contribution is -2.39. The van der Waals surface area contributed by atoms with E-state index in [-0.39, 0.29) is 43.2 Å². The van der Waals surface area contributed by atoms with E-state index in [1.54, 1.807) is 31.3 Å². The molecule has 0 saturated carbocycles. The van der Waals surface area contributed by atoms with Crippen LogP contribution in [0.2, 0.25) is 0 Å². The first kappa shape index (κ1) is 19.1. The van der Waals surface area contributed by atoms with Crippen LogP contribution in [0.25, 0.3) is 0 Å². The number of H-pyrrole nitrogens is 1. The van der Waals surface area contributed by atoms with E-state index >= 15 is 0 Å². The lowest BCUT2D eigenvalue weighted by atomic mass is 10.1. The number of aromatic nitrogens is 2. The summed E-state index contributed by atoms with van der Waals surface area (Å²) in [6.45, 7) is 1.87. The quantitative estimate of drug-likeness (QED) is 0.755. The van der Waals surface area contributed by atoms with Gasteiger partial charge in [0.25, 0.3) is 17.7 Å². The van der Waals surface area contributed by atoms with Gasteiger partial charge in [-0.3, -0.25) is 24.4 Å². The van der Waals surface area contributed by atoms with Gasteiger partial charge in [0.2, 0.25) is 0 Å². The van der Waals surface area contributed by atoms with Crippen molar-refractivity contribution in [2.75, 3.05) is 26.7 Å². The fraction of sp³-hybridized carbons (Fsp3) is 0.333. The molecular weight excluding hydrogens is 370 g/mol. The molecular formula is C18H20ClN5O3. The van der Waals surface area contributed by atoms with Crippen molar-refractivity contribution >= 4 is 30.1 Å². The van der Waals surface area contributed by atoms with Gasteiger partial charge in [0.1, 0.15) is 0 Å². The number of hydrogen-bond acceptors (Lipinski definition) is 5. The topological polar surface area (TPSA) is 98.4 Å². The Hall–Kier alpha value is -2.71. The smallest absolute Gasteiger partial charge is 0.274 e. The second-order valence-corrected chi connectivity index (χ2v) is 6.49. The summed E-state index contributed by atoms with van der Waals surface area (Å²) in [6, 6.07) is 6.76. The maximum atomic E-state index is 12.7. The highest BCUT2D eigenvalue weighted by atomic mass is 35.5. The fourth-order valence-corrected chi connectivity index (χ4v) is 3.38. The van der Waals surface area contributed by atoms with Crippen LogP contribution in [0.4, 0.5) is 0 Å². The number of aromatic amines is 1. The summed E-state index contributed by atoms with van der Waals surface area (Å²) in [5, 5.41) is 10.3. The van der Waals surface area contributed by atoms with Crippen LogP contribution < -0.4 is 5.32 Å². The van der Waals surface area contributed by atoms with Crippen molar-refractivity contribution in [1.29, 1.82) is 0 Å². The Morgan fingerprint density at radius 2 is 1.89 bits per heavy atom. The van der Waals surface area contributed by atoms with Gasteiger partial charge in [-0.15, -0.1) is 12.4 Å². The number of likely N-dealkylation sites (N-methyl/N-ethyl adjacent to an activating group) is 1. The Labute approximate surface area is 162 Å². The number of nitrogens with one attached hydrogen (secondary N) is 2. The molecule has 1 aromatic heterocycles. The van der Waals surface area contributed by atoms with E-state index < -0.39 is 0 Å². The minimum absolute atomic E-state index is 0. The molecule has 4 rings (SSSR count). The highest BCUT2D eigenvalue weighted by molar-refractivity contribution is 6.21. The highest BCUT2D eigenvalue weighted by Gasteiger charge is 2.35. The van der Waals surface area contributed by atoms with Gasteiger partial charge in [0, 0.05) is 50.9 Å². The van der Waals surface area contributed by atoms with Crippen LogP contribution in [0, 0.1) is 0 Å². The van der Waals surface area contributed by atoms with Gasteiger partial charge >= 0.3 is 0 Å². The van der Waals surface area contributed by atoms with Crippen LogP contribution >= 0.6 is 12.4 Å². The Kier molecular flexibility index (Phi) is 5.29. The number of fused-ring (bicyclic) bond motifs is 2. The van der Waals surface area contributed by atoms with E-state index in [1.165, 1.54) is 9.80 Å². The van der Waals surface area contributed by atoms with Gasteiger partial charge in [-0.2, -0.15) is 5.10 Å². The number of carbonyl (C=O) groups excluding carboxylic acids is 3. The molecule has 2 aliphatic heterocycles. The third-order valence-corrected chi connectivity index (χ3v) is 4.89. The van der Waals surface area contributed by atoms with Gasteiger partial charge in [0.05, 0.1) is 11.1 Å². The highest BCUT2D eigenvalue weighted by Crippen LogP contribution is 2.22. The largest absolute Gasteiger partial charge is 0.339 e. The Morgan fingerprint density at radius 1 is 1.22 bits per heavy atom. The zero-order valence-electron chi connectivity index (χ0n) is 14.8. The molecule has 0 aliphatic carbocycles. The van der Waals surface area contributed by atoms with Crippen LogP contribution in [0.5, 0.6) is 0 Å². The SMILES string of the molecule is CN(CCN1C(=O)c2ccccc2C1=O)C(=O)c1n[nH]c2c1CNCC2.Cl. The first-order valence-corrected chi connectivity index (χ1v) is 8.55. The number of imide groups is 1. The Morgan fingerprint density at radius 3 is 2.56 bits per heavy atom. The summed E-state index contributed by atoms with van der Waals surface area (Å²) in [5.74, 6) is -0.844. The van der Waals surface area contributed by atoms with E-state index in [0.717, 1.165) is 24.2 Å². The van der Waals surface area contributed by atoms with Crippen LogP contribution in [-0.2, 0) is 13.0 Å². The van der Waals surface area contributed by atoms with E-state index in [9.17, 15) is 14.4 Å². The van der Waals surface area contributed by atoms with Crippen LogP contribution in [0.3, 0.4) is 0 Å². The normalized spacial score (nSPS) is 15.2. The summed E-state index contributed by atoms with van der Waals surface area (Å²) in [7, 11) is 1.65. The van der Waals surface area contributed by atoms with Gasteiger partial charge in [0.15, 0.2) is 5.69 Å². The van der Waals surface area contributed by atoms with Crippen LogP contribution in [0.15, 0.2) is 24.3 Å². The fourth-order valence-electron chi connectivity index (χ4n) is 3.38. The third-order valence-electron chi connectivity index (χ3n) is 4.89. The number of rotatable bonds is 4. The summed E-state index contributed by atoms with van der Waals surface area (Å²) in [4.78, 5) is 40.1. The van der Waals surface area contributed by atoms with Crippen molar-refractivity contribution in [1.82, 2.24) is 25.3 Å². The maximum absolute atomic E-state index is 12.7. The molecule has 9 heteroatoms. The molecule has 2 aliphatic rings. The molecule has 0 fully saturated rings. The molecule has 2 aromatic rings. The first-order valence-electron chi connectivity index (χ1n) is 8.55. The predicted octanol–water partition coefficient (Wildman–Crippen LogP) is 0.845. The zero-order chi connectivity index (χ0) is 18.3. The first-order chi connectivity index (χ1) is 12.6. The second kappa shape index (κ2) is 7.50. The third kappa shape index (κ3) is 3.22. The number of nitrogens with zero attached hydrogens (tertiary/aromatic N) is 3. The van der Waals surface area contributed by atoms with E-state index in [2.05, 4.69) is 15.5 Å². The molecule has 3 amide bonds. The molecule has 0 unspecified atom stereocenters. The summed E-state index contributed by atoms with van der Waals surface area (Å²) >= 11 is 0. The number of hydrogen-bond donors (Lipinski definition) is 2. The summed E-state index contributed by atoms with van der Waals surface area (Å²) < 4.78 is 0. The summed E-state index contributed by atoms with van der Waals surface area (Å²) in [5.41, 5.74) is 3.12. The van der Waals surface area contributed by atoms with Crippen molar-refractivity contribution in [3.63, 3.8) is 0 Å². The monoisotopic (exact) mass is 389 g/mol. The van der Waals surface area contributed by atoms with Crippen molar-refractivity contribution in [3.8, 4) is 0 Å². The van der Waals surface area contributed by atoms with Crippen molar-refractivity contribution in [2.45, 2.75) is 13.0 Å². The number of benzene rings is 1. The molecule has 0 spiro atoms. The van der Waals surface area contributed by atoms with Gasteiger partial charge in [-0.1, -0.05) is 12.1 Å². The van der Waals surface area contributed by atoms with E-state index in [1.807, 2.05) is 0 Å². The van der Waals surface area contributed by atoms with E-state index in [4.69, 9.17) is 0 Å². The molecule has 1 aromatic carbocycles. The van der Waals surface area contributed by atoms with Gasteiger partial charge in [-0.25, -0.2) is 0 Å². The lowest BCUT2D eigenvalue weighted by Gasteiger charge is -2.21. The molecule has 0 bridgehead atoms. The molecule has 8 nitrogen and oxygen atoms in total.